The van der Waals surface area contributed by atoms with E-state index in [0.717, 1.165) is 21.3 Å². The third kappa shape index (κ3) is 3.65. The average molecular weight is 610 g/mol. The molecular weight excluding hydrogens is 584 g/mol. The molecule has 0 saturated carbocycles. The summed E-state index contributed by atoms with van der Waals surface area (Å²) < 4.78 is 0. The average Bonchev–Trinajstić information content (AvgIpc) is 2.59. The number of benzene rings is 2. The van der Waals surface area contributed by atoms with Crippen molar-refractivity contribution in [3.63, 3.8) is 0 Å². The van der Waals surface area contributed by atoms with Crippen molar-refractivity contribution in [1.82, 2.24) is 0 Å². The Labute approximate surface area is 192 Å². The third-order valence-corrected chi connectivity index (χ3v) is 8.15. The van der Waals surface area contributed by atoms with E-state index in [0.29, 0.717) is 0 Å². The maximum Gasteiger partial charge on any atom is 0.0288 e. The molecule has 0 saturated heterocycles. The first-order valence-electron chi connectivity index (χ1n) is 8.73. The quantitative estimate of drug-likeness (QED) is 0.297. The van der Waals surface area contributed by atoms with Crippen LogP contribution in [0, 0.1) is 41.5 Å². The van der Waals surface area contributed by atoms with Gasteiger partial charge in [-0.1, -0.05) is 63.7 Å². The minimum atomic E-state index is 0.887. The van der Waals surface area contributed by atoms with E-state index in [1.165, 1.54) is 66.8 Å². The van der Waals surface area contributed by atoms with E-state index in [1.54, 1.807) is 0 Å². The van der Waals surface area contributed by atoms with Crippen LogP contribution in [0.1, 0.15) is 55.6 Å². The van der Waals surface area contributed by atoms with Crippen LogP contribution in [-0.2, 0) is 21.3 Å². The maximum absolute atomic E-state index is 3.73. The summed E-state index contributed by atoms with van der Waals surface area (Å²) in [5.41, 5.74) is 16.9. The highest BCUT2D eigenvalue weighted by molar-refractivity contribution is 9.09. The van der Waals surface area contributed by atoms with Gasteiger partial charge in [-0.05, 0) is 108 Å². The van der Waals surface area contributed by atoms with Gasteiger partial charge >= 0.3 is 0 Å². The lowest BCUT2D eigenvalue weighted by molar-refractivity contribution is 1.13. The summed E-state index contributed by atoms with van der Waals surface area (Å²) in [6.07, 6.45) is 0. The minimum absolute atomic E-state index is 0.887. The van der Waals surface area contributed by atoms with Gasteiger partial charge in [0.1, 0.15) is 0 Å². The highest BCUT2D eigenvalue weighted by Crippen LogP contribution is 2.42. The van der Waals surface area contributed by atoms with Crippen LogP contribution in [0.25, 0.3) is 11.1 Å². The molecule has 0 aliphatic carbocycles. The Bertz CT molecular complexity index is 717. The monoisotopic (exact) mass is 606 g/mol. The zero-order chi connectivity index (χ0) is 19.8. The standard InChI is InChI=1S/C22H26Br4/c1-11-17(7-23)13(3)21(14(4)18(11)8-24)22-15(5)19(9-25)12(2)20(10-26)16(22)6/h7-10H2,1-6H3. The first kappa shape index (κ1) is 22.6. The van der Waals surface area contributed by atoms with E-state index in [4.69, 9.17) is 0 Å². The Kier molecular flexibility index (Phi) is 8.05. The molecule has 0 aliphatic rings. The van der Waals surface area contributed by atoms with Gasteiger partial charge in [-0.15, -0.1) is 0 Å². The third-order valence-electron chi connectivity index (χ3n) is 5.91. The van der Waals surface area contributed by atoms with Gasteiger partial charge in [-0.25, -0.2) is 0 Å². The second kappa shape index (κ2) is 9.24. The summed E-state index contributed by atoms with van der Waals surface area (Å²) in [6.45, 7) is 13.6. The summed E-state index contributed by atoms with van der Waals surface area (Å²) in [5.74, 6) is 0. The number of hydrogen-bond acceptors (Lipinski definition) is 0. The van der Waals surface area contributed by atoms with Gasteiger partial charge in [0, 0.05) is 21.3 Å². The summed E-state index contributed by atoms with van der Waals surface area (Å²) >= 11 is 14.9. The number of rotatable bonds is 5. The fourth-order valence-corrected chi connectivity index (χ4v) is 7.57. The van der Waals surface area contributed by atoms with Crippen LogP contribution in [0.5, 0.6) is 0 Å². The van der Waals surface area contributed by atoms with Gasteiger partial charge in [-0.3, -0.25) is 0 Å². The first-order chi connectivity index (χ1) is 12.3. The lowest BCUT2D eigenvalue weighted by Crippen LogP contribution is -2.08. The van der Waals surface area contributed by atoms with E-state index in [-0.39, 0.29) is 0 Å². The molecule has 0 bridgehead atoms. The van der Waals surface area contributed by atoms with E-state index < -0.39 is 0 Å². The molecule has 0 aromatic heterocycles. The zero-order valence-corrected chi connectivity index (χ0v) is 22.7. The topological polar surface area (TPSA) is 0 Å². The van der Waals surface area contributed by atoms with E-state index in [9.17, 15) is 0 Å². The molecule has 0 fully saturated rings. The number of halogens is 4. The Morgan fingerprint density at radius 2 is 0.577 bits per heavy atom. The molecule has 0 aliphatic heterocycles. The molecule has 0 amide bonds. The van der Waals surface area contributed by atoms with Gasteiger partial charge in [0.05, 0.1) is 0 Å². The molecule has 26 heavy (non-hydrogen) atoms. The SMILES string of the molecule is Cc1c(CBr)c(C)c(-c2c(C)c(CBr)c(C)c(CBr)c2C)c(C)c1CBr. The molecule has 0 N–H and O–H groups in total. The number of alkyl halides is 4. The Balaban J connectivity index is 3.07. The molecule has 0 spiro atoms. The van der Waals surface area contributed by atoms with Crippen molar-refractivity contribution in [3.05, 3.63) is 55.6 Å². The summed E-state index contributed by atoms with van der Waals surface area (Å²) in [5, 5.41) is 3.55. The largest absolute Gasteiger partial charge is 0.0876 e. The second-order valence-corrected chi connectivity index (χ2v) is 9.19. The van der Waals surface area contributed by atoms with Crippen molar-refractivity contribution in [2.45, 2.75) is 62.9 Å². The normalized spacial score (nSPS) is 11.3. The van der Waals surface area contributed by atoms with Crippen LogP contribution < -0.4 is 0 Å². The van der Waals surface area contributed by atoms with E-state index in [1.807, 2.05) is 0 Å². The van der Waals surface area contributed by atoms with Crippen LogP contribution >= 0.6 is 63.7 Å². The van der Waals surface area contributed by atoms with E-state index >= 15 is 0 Å². The van der Waals surface area contributed by atoms with Crippen LogP contribution in [-0.4, -0.2) is 0 Å². The molecule has 0 unspecified atom stereocenters. The first-order valence-corrected chi connectivity index (χ1v) is 13.2. The van der Waals surface area contributed by atoms with Crippen molar-refractivity contribution in [1.29, 1.82) is 0 Å². The number of hydrogen-bond donors (Lipinski definition) is 0. The smallest absolute Gasteiger partial charge is 0.0288 e. The molecule has 0 atom stereocenters. The highest BCUT2D eigenvalue weighted by atomic mass is 79.9. The predicted molar refractivity (Wildman–Crippen MR) is 131 cm³/mol. The molecule has 142 valence electrons. The fraction of sp³-hybridized carbons (Fsp3) is 0.455. The Hall–Kier alpha value is 0.360. The van der Waals surface area contributed by atoms with Gasteiger partial charge in [0.15, 0.2) is 0 Å². The molecule has 0 heterocycles. The van der Waals surface area contributed by atoms with Crippen molar-refractivity contribution in [2.75, 3.05) is 0 Å². The van der Waals surface area contributed by atoms with Gasteiger partial charge in [-0.2, -0.15) is 0 Å². The molecule has 2 aromatic rings. The Morgan fingerprint density at radius 3 is 0.731 bits per heavy atom. The highest BCUT2D eigenvalue weighted by Gasteiger charge is 2.23. The fourth-order valence-electron chi connectivity index (χ4n) is 4.21. The second-order valence-electron chi connectivity index (χ2n) is 6.95. The molecular formula is C22H26Br4. The van der Waals surface area contributed by atoms with Gasteiger partial charge < -0.3 is 0 Å². The lowest BCUT2D eigenvalue weighted by atomic mass is 9.80. The molecule has 2 aromatic carbocycles. The molecule has 0 nitrogen and oxygen atoms in total. The van der Waals surface area contributed by atoms with Crippen molar-refractivity contribution in [2.24, 2.45) is 0 Å². The predicted octanol–water partition coefficient (Wildman–Crippen LogP) is 8.78. The van der Waals surface area contributed by atoms with Gasteiger partial charge in [0.25, 0.3) is 0 Å². The van der Waals surface area contributed by atoms with Gasteiger partial charge in [0.2, 0.25) is 0 Å². The molecule has 4 heteroatoms. The summed E-state index contributed by atoms with van der Waals surface area (Å²) in [7, 11) is 0. The zero-order valence-electron chi connectivity index (χ0n) is 16.3. The Morgan fingerprint density at radius 1 is 0.385 bits per heavy atom. The van der Waals surface area contributed by atoms with Crippen molar-refractivity contribution < 1.29 is 0 Å². The van der Waals surface area contributed by atoms with Crippen LogP contribution in [0.3, 0.4) is 0 Å². The van der Waals surface area contributed by atoms with Crippen molar-refractivity contribution >= 4 is 63.7 Å². The van der Waals surface area contributed by atoms with Crippen LogP contribution in [0.15, 0.2) is 0 Å². The lowest BCUT2D eigenvalue weighted by Gasteiger charge is -2.26. The van der Waals surface area contributed by atoms with Crippen molar-refractivity contribution in [3.8, 4) is 11.1 Å². The van der Waals surface area contributed by atoms with Crippen LogP contribution in [0.4, 0.5) is 0 Å². The minimum Gasteiger partial charge on any atom is -0.0876 e. The molecule has 0 radical (unpaired) electrons. The molecule has 2 rings (SSSR count). The summed E-state index contributed by atoms with van der Waals surface area (Å²) in [4.78, 5) is 0. The van der Waals surface area contributed by atoms with Crippen LogP contribution in [0.2, 0.25) is 0 Å². The van der Waals surface area contributed by atoms with E-state index in [2.05, 4.69) is 105 Å². The maximum atomic E-state index is 3.73. The summed E-state index contributed by atoms with van der Waals surface area (Å²) in [6, 6.07) is 0.